The first-order valence-corrected chi connectivity index (χ1v) is 8.48. The molecule has 2 aromatic rings. The highest BCUT2D eigenvalue weighted by Gasteiger charge is 2.10. The fourth-order valence-corrected chi connectivity index (χ4v) is 3.06. The lowest BCUT2D eigenvalue weighted by Gasteiger charge is -2.10. The number of thioether (sulfide) groups is 1. The zero-order valence-corrected chi connectivity index (χ0v) is 13.8. The van der Waals surface area contributed by atoms with E-state index >= 15 is 0 Å². The van der Waals surface area contributed by atoms with E-state index in [1.807, 2.05) is 16.9 Å². The van der Waals surface area contributed by atoms with Gasteiger partial charge in [-0.05, 0) is 38.5 Å². The van der Waals surface area contributed by atoms with Crippen molar-refractivity contribution in [2.24, 2.45) is 0 Å². The zero-order chi connectivity index (χ0) is 15.2. The molecule has 1 aromatic heterocycles. The van der Waals surface area contributed by atoms with Gasteiger partial charge >= 0.3 is 0 Å². The Kier molecular flexibility index (Phi) is 5.88. The fraction of sp³-hybridized carbons (Fsp3) is 0.471. The van der Waals surface area contributed by atoms with Crippen molar-refractivity contribution in [3.8, 4) is 0 Å². The molecule has 114 valence electrons. The fourth-order valence-electron chi connectivity index (χ4n) is 2.12. The maximum absolute atomic E-state index is 10.2. The summed E-state index contributed by atoms with van der Waals surface area (Å²) in [6.45, 7) is 6.39. The monoisotopic (exact) mass is 304 g/mol. The molecule has 0 saturated carbocycles. The van der Waals surface area contributed by atoms with Gasteiger partial charge in [0.05, 0.1) is 11.8 Å². The third kappa shape index (κ3) is 4.90. The number of nitrogens with zero attached hydrogens (tertiary/aromatic N) is 2. The van der Waals surface area contributed by atoms with Crippen LogP contribution >= 0.6 is 11.8 Å². The molecular formula is C17H24N2OS. The van der Waals surface area contributed by atoms with Crippen molar-refractivity contribution in [1.29, 1.82) is 0 Å². The first-order valence-electron chi connectivity index (χ1n) is 7.50. The lowest BCUT2D eigenvalue weighted by molar-refractivity contribution is 0.198. The number of aliphatic hydroxyl groups excluding tert-OH is 1. The van der Waals surface area contributed by atoms with Gasteiger partial charge in [0, 0.05) is 29.3 Å². The van der Waals surface area contributed by atoms with Gasteiger partial charge in [-0.15, -0.1) is 11.8 Å². The number of rotatable bonds is 7. The molecule has 0 aliphatic carbocycles. The normalized spacial score (nSPS) is 14.1. The SMILES string of the molecule is CCC(C)n1ccc(CC(O)CSc2cccc(C)c2)n1. The van der Waals surface area contributed by atoms with Crippen molar-refractivity contribution in [3.05, 3.63) is 47.8 Å². The highest BCUT2D eigenvalue weighted by Crippen LogP contribution is 2.20. The first-order chi connectivity index (χ1) is 10.1. The van der Waals surface area contributed by atoms with E-state index in [1.165, 1.54) is 10.5 Å². The molecule has 0 fully saturated rings. The van der Waals surface area contributed by atoms with Crippen molar-refractivity contribution in [3.63, 3.8) is 0 Å². The summed E-state index contributed by atoms with van der Waals surface area (Å²) in [5.41, 5.74) is 2.22. The largest absolute Gasteiger partial charge is 0.392 e. The highest BCUT2D eigenvalue weighted by atomic mass is 32.2. The summed E-state index contributed by atoms with van der Waals surface area (Å²) >= 11 is 1.69. The molecule has 0 aliphatic rings. The van der Waals surface area contributed by atoms with E-state index in [9.17, 15) is 5.11 Å². The predicted molar refractivity (Wildman–Crippen MR) is 88.8 cm³/mol. The molecule has 0 amide bonds. The number of hydrogen-bond donors (Lipinski definition) is 1. The van der Waals surface area contributed by atoms with Crippen LogP contribution in [0.25, 0.3) is 0 Å². The summed E-state index contributed by atoms with van der Waals surface area (Å²) in [5, 5.41) is 14.7. The van der Waals surface area contributed by atoms with Gasteiger partial charge in [-0.1, -0.05) is 24.6 Å². The van der Waals surface area contributed by atoms with E-state index in [2.05, 4.69) is 50.1 Å². The number of aliphatic hydroxyl groups is 1. The molecule has 1 aromatic carbocycles. The summed E-state index contributed by atoms with van der Waals surface area (Å²) in [6.07, 6.45) is 3.31. The van der Waals surface area contributed by atoms with Gasteiger partial charge in [-0.3, -0.25) is 4.68 Å². The number of aromatic nitrogens is 2. The standard InChI is InChI=1S/C17H24N2OS/c1-4-14(3)19-9-8-15(18-19)11-16(20)12-21-17-7-5-6-13(2)10-17/h5-10,14,16,20H,4,11-12H2,1-3H3. The first kappa shape index (κ1) is 16.1. The Morgan fingerprint density at radius 2 is 2.14 bits per heavy atom. The van der Waals surface area contributed by atoms with Gasteiger partial charge < -0.3 is 5.11 Å². The molecule has 1 heterocycles. The summed E-state index contributed by atoms with van der Waals surface area (Å²) in [7, 11) is 0. The number of aryl methyl sites for hydroxylation is 1. The smallest absolute Gasteiger partial charge is 0.0690 e. The molecule has 0 aliphatic heterocycles. The van der Waals surface area contributed by atoms with Crippen LogP contribution in [0.15, 0.2) is 41.4 Å². The van der Waals surface area contributed by atoms with Gasteiger partial charge in [0.1, 0.15) is 0 Å². The lowest BCUT2D eigenvalue weighted by Crippen LogP contribution is -2.14. The molecule has 0 saturated heterocycles. The number of benzene rings is 1. The second-order valence-electron chi connectivity index (χ2n) is 5.53. The molecular weight excluding hydrogens is 280 g/mol. The summed E-state index contributed by atoms with van der Waals surface area (Å²) in [6, 6.07) is 10.8. The van der Waals surface area contributed by atoms with Crippen molar-refractivity contribution in [1.82, 2.24) is 9.78 Å². The van der Waals surface area contributed by atoms with Gasteiger partial charge in [-0.2, -0.15) is 5.10 Å². The van der Waals surface area contributed by atoms with E-state index in [0.717, 1.165) is 12.1 Å². The van der Waals surface area contributed by atoms with Crippen LogP contribution in [0, 0.1) is 6.92 Å². The minimum Gasteiger partial charge on any atom is -0.392 e. The minimum absolute atomic E-state index is 0.365. The van der Waals surface area contributed by atoms with Crippen LogP contribution in [0.5, 0.6) is 0 Å². The van der Waals surface area contributed by atoms with Crippen LogP contribution in [-0.4, -0.2) is 26.7 Å². The average molecular weight is 304 g/mol. The molecule has 4 heteroatoms. The molecule has 2 atom stereocenters. The van der Waals surface area contributed by atoms with Gasteiger partial charge in [0.25, 0.3) is 0 Å². The summed E-state index contributed by atoms with van der Waals surface area (Å²) in [5.74, 6) is 0.694. The summed E-state index contributed by atoms with van der Waals surface area (Å²) < 4.78 is 1.98. The van der Waals surface area contributed by atoms with E-state index in [1.54, 1.807) is 11.8 Å². The van der Waals surface area contributed by atoms with E-state index in [0.29, 0.717) is 18.2 Å². The van der Waals surface area contributed by atoms with Crippen molar-refractivity contribution >= 4 is 11.8 Å². The zero-order valence-electron chi connectivity index (χ0n) is 13.0. The van der Waals surface area contributed by atoms with Crippen LogP contribution < -0.4 is 0 Å². The third-order valence-electron chi connectivity index (χ3n) is 3.58. The van der Waals surface area contributed by atoms with Crippen molar-refractivity contribution < 1.29 is 5.11 Å². The summed E-state index contributed by atoms with van der Waals surface area (Å²) in [4.78, 5) is 1.21. The van der Waals surface area contributed by atoms with E-state index in [4.69, 9.17) is 0 Å². The Balaban J connectivity index is 1.84. The van der Waals surface area contributed by atoms with Gasteiger partial charge in [-0.25, -0.2) is 0 Å². The lowest BCUT2D eigenvalue weighted by atomic mass is 10.2. The Labute approximate surface area is 131 Å². The molecule has 2 unspecified atom stereocenters. The maximum Gasteiger partial charge on any atom is 0.0690 e. The highest BCUT2D eigenvalue weighted by molar-refractivity contribution is 7.99. The van der Waals surface area contributed by atoms with Crippen LogP contribution in [-0.2, 0) is 6.42 Å². The minimum atomic E-state index is -0.365. The Morgan fingerprint density at radius 1 is 1.33 bits per heavy atom. The van der Waals surface area contributed by atoms with E-state index in [-0.39, 0.29) is 6.10 Å². The molecule has 0 spiro atoms. The molecule has 1 N–H and O–H groups in total. The molecule has 0 radical (unpaired) electrons. The molecule has 0 bridgehead atoms. The van der Waals surface area contributed by atoms with Crippen LogP contribution in [0.1, 0.15) is 37.6 Å². The van der Waals surface area contributed by atoms with Crippen molar-refractivity contribution in [2.45, 2.75) is 50.7 Å². The van der Waals surface area contributed by atoms with Gasteiger partial charge in [0.15, 0.2) is 0 Å². The molecule has 2 rings (SSSR count). The Hall–Kier alpha value is -1.26. The Bertz CT molecular complexity index is 567. The molecule has 3 nitrogen and oxygen atoms in total. The topological polar surface area (TPSA) is 38.0 Å². The van der Waals surface area contributed by atoms with E-state index < -0.39 is 0 Å². The quantitative estimate of drug-likeness (QED) is 0.789. The number of hydrogen-bond acceptors (Lipinski definition) is 3. The van der Waals surface area contributed by atoms with Crippen molar-refractivity contribution in [2.75, 3.05) is 5.75 Å². The van der Waals surface area contributed by atoms with Crippen LogP contribution in [0.3, 0.4) is 0 Å². The second-order valence-corrected chi connectivity index (χ2v) is 6.62. The average Bonchev–Trinajstić information content (AvgIpc) is 2.93. The van der Waals surface area contributed by atoms with Crippen LogP contribution in [0.4, 0.5) is 0 Å². The Morgan fingerprint density at radius 3 is 2.86 bits per heavy atom. The second kappa shape index (κ2) is 7.66. The molecule has 21 heavy (non-hydrogen) atoms. The predicted octanol–water partition coefficient (Wildman–Crippen LogP) is 3.86. The van der Waals surface area contributed by atoms with Gasteiger partial charge in [0.2, 0.25) is 0 Å². The third-order valence-corrected chi connectivity index (χ3v) is 4.72. The van der Waals surface area contributed by atoms with Crippen LogP contribution in [0.2, 0.25) is 0 Å². The maximum atomic E-state index is 10.2.